The number of phenols is 1. The fraction of sp³-hybridized carbons (Fsp3) is 0.278. The van der Waals surface area contributed by atoms with E-state index in [1.807, 2.05) is 18.2 Å². The van der Waals surface area contributed by atoms with Crippen molar-refractivity contribution >= 4 is 11.6 Å². The highest BCUT2D eigenvalue weighted by Crippen LogP contribution is 2.45. The summed E-state index contributed by atoms with van der Waals surface area (Å²) >= 11 is 0. The van der Waals surface area contributed by atoms with Crippen LogP contribution in [0.1, 0.15) is 23.5 Å². The molecule has 0 fully saturated rings. The summed E-state index contributed by atoms with van der Waals surface area (Å²) in [7, 11) is 1.50. The fourth-order valence-corrected chi connectivity index (χ4v) is 3.21. The van der Waals surface area contributed by atoms with E-state index in [4.69, 9.17) is 14.2 Å². The number of phenolic OH excluding ortho intramolecular Hbond substituents is 1. The van der Waals surface area contributed by atoms with Crippen molar-refractivity contribution in [3.05, 3.63) is 41.5 Å². The van der Waals surface area contributed by atoms with E-state index in [9.17, 15) is 9.90 Å². The average molecular weight is 327 g/mol. The molecule has 1 atom stereocenters. The number of rotatable bonds is 2. The fourth-order valence-electron chi connectivity index (χ4n) is 3.21. The van der Waals surface area contributed by atoms with Gasteiger partial charge in [-0.15, -0.1) is 0 Å². The zero-order valence-corrected chi connectivity index (χ0v) is 13.2. The Morgan fingerprint density at radius 2 is 1.92 bits per heavy atom. The molecule has 2 N–H and O–H groups in total. The molecule has 24 heavy (non-hydrogen) atoms. The first-order valence-corrected chi connectivity index (χ1v) is 7.76. The van der Waals surface area contributed by atoms with Crippen molar-refractivity contribution in [1.82, 2.24) is 0 Å². The van der Waals surface area contributed by atoms with Crippen molar-refractivity contribution in [1.29, 1.82) is 0 Å². The zero-order valence-electron chi connectivity index (χ0n) is 13.2. The van der Waals surface area contributed by atoms with E-state index >= 15 is 0 Å². The van der Waals surface area contributed by atoms with Gasteiger partial charge in [0.2, 0.25) is 5.91 Å². The minimum atomic E-state index is -0.140. The summed E-state index contributed by atoms with van der Waals surface area (Å²) in [6.45, 7) is 1.01. The van der Waals surface area contributed by atoms with Crippen LogP contribution in [0.4, 0.5) is 5.69 Å². The first-order chi connectivity index (χ1) is 11.7. The summed E-state index contributed by atoms with van der Waals surface area (Å²) in [6, 6.07) is 8.89. The number of benzene rings is 2. The number of fused-ring (bicyclic) bond motifs is 2. The molecular weight excluding hydrogens is 310 g/mol. The Hall–Kier alpha value is -2.89. The van der Waals surface area contributed by atoms with E-state index in [1.165, 1.54) is 7.11 Å². The second kappa shape index (κ2) is 5.63. The van der Waals surface area contributed by atoms with Gasteiger partial charge in [0.25, 0.3) is 0 Å². The molecule has 4 rings (SSSR count). The Bertz CT molecular complexity index is 817. The molecule has 6 nitrogen and oxygen atoms in total. The van der Waals surface area contributed by atoms with Crippen LogP contribution in [0, 0.1) is 0 Å². The van der Waals surface area contributed by atoms with Crippen molar-refractivity contribution < 1.29 is 24.1 Å². The van der Waals surface area contributed by atoms with Crippen LogP contribution in [0.15, 0.2) is 30.3 Å². The summed E-state index contributed by atoms with van der Waals surface area (Å²) < 4.78 is 16.4. The maximum atomic E-state index is 12.1. The Kier molecular flexibility index (Phi) is 3.45. The molecule has 1 amide bonds. The number of amides is 1. The van der Waals surface area contributed by atoms with Crippen LogP contribution in [-0.2, 0) is 4.79 Å². The van der Waals surface area contributed by atoms with Gasteiger partial charge in [-0.1, -0.05) is 6.07 Å². The van der Waals surface area contributed by atoms with Gasteiger partial charge in [-0.05, 0) is 29.3 Å². The summed E-state index contributed by atoms with van der Waals surface area (Å²) in [4.78, 5) is 12.1. The van der Waals surface area contributed by atoms with E-state index < -0.39 is 0 Å². The zero-order chi connectivity index (χ0) is 16.7. The lowest BCUT2D eigenvalue weighted by atomic mass is 9.84. The first-order valence-electron chi connectivity index (χ1n) is 7.76. The van der Waals surface area contributed by atoms with E-state index in [0.29, 0.717) is 36.9 Å². The van der Waals surface area contributed by atoms with Gasteiger partial charge in [0.1, 0.15) is 13.2 Å². The molecule has 124 valence electrons. The number of carbonyl (C=O) groups excluding carboxylic acids is 1. The molecule has 0 aliphatic carbocycles. The highest BCUT2D eigenvalue weighted by molar-refractivity contribution is 5.96. The summed E-state index contributed by atoms with van der Waals surface area (Å²) in [6.07, 6.45) is 0.320. The molecule has 2 heterocycles. The minimum absolute atomic E-state index is 0.0591. The maximum Gasteiger partial charge on any atom is 0.225 e. The topological polar surface area (TPSA) is 77.0 Å². The third-order valence-corrected chi connectivity index (χ3v) is 4.36. The maximum absolute atomic E-state index is 12.1. The molecule has 0 saturated heterocycles. The Balaban J connectivity index is 1.82. The Morgan fingerprint density at radius 1 is 1.17 bits per heavy atom. The number of aromatic hydroxyl groups is 1. The van der Waals surface area contributed by atoms with Crippen LogP contribution in [0.2, 0.25) is 0 Å². The van der Waals surface area contributed by atoms with E-state index in [0.717, 1.165) is 16.8 Å². The third kappa shape index (κ3) is 2.40. The second-order valence-electron chi connectivity index (χ2n) is 5.82. The van der Waals surface area contributed by atoms with E-state index in [2.05, 4.69) is 5.32 Å². The second-order valence-corrected chi connectivity index (χ2v) is 5.82. The number of anilines is 1. The minimum Gasteiger partial charge on any atom is -0.504 e. The number of hydrogen-bond acceptors (Lipinski definition) is 5. The number of methoxy groups -OCH3 is 1. The first kappa shape index (κ1) is 14.7. The lowest BCUT2D eigenvalue weighted by Crippen LogP contribution is -2.24. The Morgan fingerprint density at radius 3 is 2.67 bits per heavy atom. The number of nitrogens with one attached hydrogen (secondary N) is 1. The van der Waals surface area contributed by atoms with Gasteiger partial charge >= 0.3 is 0 Å². The summed E-state index contributed by atoms with van der Waals surface area (Å²) in [5.74, 6) is 1.59. The smallest absolute Gasteiger partial charge is 0.225 e. The van der Waals surface area contributed by atoms with Crippen LogP contribution in [0.3, 0.4) is 0 Å². The largest absolute Gasteiger partial charge is 0.504 e. The van der Waals surface area contributed by atoms with Gasteiger partial charge < -0.3 is 24.6 Å². The van der Waals surface area contributed by atoms with Gasteiger partial charge in [0.15, 0.2) is 23.0 Å². The molecule has 2 aromatic carbocycles. The van der Waals surface area contributed by atoms with E-state index in [-0.39, 0.29) is 17.6 Å². The number of carbonyl (C=O) groups is 1. The standard InChI is InChI=1S/C18H17NO5/c1-22-15-6-10(2-3-14(15)20)11-8-18(21)19-13-9-17-16(7-12(11)13)23-4-5-24-17/h2-3,6-7,9,11,20H,4-5,8H2,1H3,(H,19,21)/t11-/m1/s1. The molecular formula is C18H17NO5. The van der Waals surface area contributed by atoms with Gasteiger partial charge in [-0.25, -0.2) is 0 Å². The monoisotopic (exact) mass is 327 g/mol. The van der Waals surface area contributed by atoms with Crippen molar-refractivity contribution in [2.75, 3.05) is 25.6 Å². The van der Waals surface area contributed by atoms with E-state index in [1.54, 1.807) is 12.1 Å². The van der Waals surface area contributed by atoms with Crippen LogP contribution >= 0.6 is 0 Å². The quantitative estimate of drug-likeness (QED) is 0.887. The molecule has 2 aliphatic rings. The van der Waals surface area contributed by atoms with Gasteiger partial charge in [-0.2, -0.15) is 0 Å². The predicted molar refractivity (Wildman–Crippen MR) is 87.2 cm³/mol. The van der Waals surface area contributed by atoms with Crippen molar-refractivity contribution in [3.8, 4) is 23.0 Å². The van der Waals surface area contributed by atoms with Gasteiger partial charge in [0.05, 0.1) is 7.11 Å². The number of hydrogen-bond donors (Lipinski definition) is 2. The third-order valence-electron chi connectivity index (χ3n) is 4.36. The highest BCUT2D eigenvalue weighted by atomic mass is 16.6. The lowest BCUT2D eigenvalue weighted by molar-refractivity contribution is -0.116. The molecule has 0 bridgehead atoms. The molecule has 6 heteroatoms. The number of ether oxygens (including phenoxy) is 3. The van der Waals surface area contributed by atoms with Crippen LogP contribution in [-0.4, -0.2) is 31.3 Å². The van der Waals surface area contributed by atoms with Crippen LogP contribution in [0.25, 0.3) is 0 Å². The Labute approximate surface area is 139 Å². The lowest BCUT2D eigenvalue weighted by Gasteiger charge is -2.29. The molecule has 0 saturated carbocycles. The molecule has 2 aromatic rings. The van der Waals surface area contributed by atoms with Crippen molar-refractivity contribution in [2.24, 2.45) is 0 Å². The molecule has 0 radical (unpaired) electrons. The normalized spacial score (nSPS) is 18.5. The SMILES string of the molecule is COc1cc([C@H]2CC(=O)Nc3cc4c(cc32)OCCO4)ccc1O. The molecule has 0 unspecified atom stereocenters. The van der Waals surface area contributed by atoms with Gasteiger partial charge in [0, 0.05) is 24.1 Å². The predicted octanol–water partition coefficient (Wildman–Crippen LogP) is 2.65. The summed E-state index contributed by atoms with van der Waals surface area (Å²) in [5, 5.41) is 12.7. The highest BCUT2D eigenvalue weighted by Gasteiger charge is 2.29. The average Bonchev–Trinajstić information content (AvgIpc) is 2.60. The molecule has 0 spiro atoms. The van der Waals surface area contributed by atoms with Gasteiger partial charge in [-0.3, -0.25) is 4.79 Å². The summed E-state index contributed by atoms with van der Waals surface area (Å²) in [5.41, 5.74) is 2.59. The van der Waals surface area contributed by atoms with Crippen molar-refractivity contribution in [2.45, 2.75) is 12.3 Å². The van der Waals surface area contributed by atoms with Crippen LogP contribution < -0.4 is 19.5 Å². The van der Waals surface area contributed by atoms with Crippen LogP contribution in [0.5, 0.6) is 23.0 Å². The molecule has 2 aliphatic heterocycles. The van der Waals surface area contributed by atoms with Crippen molar-refractivity contribution in [3.63, 3.8) is 0 Å². The molecule has 0 aromatic heterocycles.